The zero-order valence-electron chi connectivity index (χ0n) is 16.8. The average Bonchev–Trinajstić information content (AvgIpc) is 2.66. The van der Waals surface area contributed by atoms with Crippen molar-refractivity contribution in [3.63, 3.8) is 0 Å². The molecule has 0 spiro atoms. The number of methoxy groups -OCH3 is 1. The number of carbonyl (C=O) groups excluding carboxylic acids is 1. The Morgan fingerprint density at radius 1 is 1.11 bits per heavy atom. The number of amides is 1. The fraction of sp³-hybridized carbons (Fsp3) is 0.409. The number of ether oxygens (including phenoxy) is 2. The van der Waals surface area contributed by atoms with E-state index in [-0.39, 0.29) is 18.3 Å². The summed E-state index contributed by atoms with van der Waals surface area (Å²) < 4.78 is 24.6. The molecule has 1 aliphatic rings. The monoisotopic (exact) mass is 387 g/mol. The summed E-state index contributed by atoms with van der Waals surface area (Å²) in [6, 6.07) is 10.5. The Balaban J connectivity index is 1.49. The standard InChI is InChI=1S/C22H27FN2O3/c1-16-10-17(2)12-20(11-16)28-15-22(26)25-8-6-24(7-9-25)14-18-13-19(23)4-5-21(18)27-3/h4-5,10-13H,6-9,14-15H2,1-3H3/p+1. The highest BCUT2D eigenvalue weighted by Crippen LogP contribution is 2.18. The third-order valence-electron chi connectivity index (χ3n) is 5.06. The van der Waals surface area contributed by atoms with Crippen molar-refractivity contribution < 1.29 is 23.6 Å². The van der Waals surface area contributed by atoms with Crippen LogP contribution >= 0.6 is 0 Å². The molecule has 0 unspecified atom stereocenters. The predicted octanol–water partition coefficient (Wildman–Crippen LogP) is 1.76. The highest BCUT2D eigenvalue weighted by Gasteiger charge is 2.25. The van der Waals surface area contributed by atoms with E-state index >= 15 is 0 Å². The number of nitrogens with zero attached hydrogens (tertiary/aromatic N) is 1. The fourth-order valence-electron chi connectivity index (χ4n) is 3.66. The molecule has 0 radical (unpaired) electrons. The Hall–Kier alpha value is -2.60. The van der Waals surface area contributed by atoms with Crippen LogP contribution in [0, 0.1) is 19.7 Å². The molecule has 3 rings (SSSR count). The number of quaternary nitrogens is 1. The molecule has 1 aliphatic heterocycles. The number of hydrogen-bond donors (Lipinski definition) is 1. The third-order valence-corrected chi connectivity index (χ3v) is 5.06. The number of carbonyl (C=O) groups is 1. The summed E-state index contributed by atoms with van der Waals surface area (Å²) in [5.41, 5.74) is 3.09. The van der Waals surface area contributed by atoms with Gasteiger partial charge in [0.25, 0.3) is 5.91 Å². The zero-order chi connectivity index (χ0) is 20.1. The second kappa shape index (κ2) is 9.06. The first-order valence-corrected chi connectivity index (χ1v) is 9.59. The van der Waals surface area contributed by atoms with Gasteiger partial charge in [-0.15, -0.1) is 0 Å². The summed E-state index contributed by atoms with van der Waals surface area (Å²) in [5, 5.41) is 0. The van der Waals surface area contributed by atoms with Gasteiger partial charge >= 0.3 is 0 Å². The number of halogens is 1. The summed E-state index contributed by atoms with van der Waals surface area (Å²) in [6.45, 7) is 7.72. The SMILES string of the molecule is COc1ccc(F)cc1C[NH+]1CCN(C(=O)COc2cc(C)cc(C)c2)CC1. The third kappa shape index (κ3) is 5.23. The quantitative estimate of drug-likeness (QED) is 0.822. The lowest BCUT2D eigenvalue weighted by Gasteiger charge is -2.32. The molecule has 1 heterocycles. The smallest absolute Gasteiger partial charge is 0.260 e. The van der Waals surface area contributed by atoms with E-state index in [1.54, 1.807) is 13.2 Å². The number of aryl methyl sites for hydroxylation is 2. The Kier molecular flexibility index (Phi) is 6.52. The van der Waals surface area contributed by atoms with Gasteiger partial charge in [-0.1, -0.05) is 6.07 Å². The van der Waals surface area contributed by atoms with E-state index in [1.807, 2.05) is 30.9 Å². The summed E-state index contributed by atoms with van der Waals surface area (Å²) in [6.07, 6.45) is 0. The number of nitrogens with one attached hydrogen (secondary N) is 1. The zero-order valence-corrected chi connectivity index (χ0v) is 16.8. The molecule has 1 amide bonds. The first kappa shape index (κ1) is 20.1. The number of hydrogen-bond acceptors (Lipinski definition) is 3. The number of benzene rings is 2. The van der Waals surface area contributed by atoms with Gasteiger partial charge in [0.05, 0.1) is 38.9 Å². The molecular weight excluding hydrogens is 359 g/mol. The van der Waals surface area contributed by atoms with E-state index in [4.69, 9.17) is 9.47 Å². The molecule has 1 fully saturated rings. The van der Waals surface area contributed by atoms with Crippen LogP contribution in [-0.4, -0.2) is 50.7 Å². The van der Waals surface area contributed by atoms with Crippen LogP contribution < -0.4 is 14.4 Å². The van der Waals surface area contributed by atoms with E-state index in [1.165, 1.54) is 17.0 Å². The molecule has 0 aliphatic carbocycles. The van der Waals surface area contributed by atoms with Gasteiger partial charge in [-0.3, -0.25) is 4.79 Å². The Morgan fingerprint density at radius 3 is 2.43 bits per heavy atom. The molecule has 5 nitrogen and oxygen atoms in total. The summed E-state index contributed by atoms with van der Waals surface area (Å²) >= 11 is 0. The van der Waals surface area contributed by atoms with E-state index in [2.05, 4.69) is 6.07 Å². The van der Waals surface area contributed by atoms with Crippen LogP contribution in [0.5, 0.6) is 11.5 Å². The predicted molar refractivity (Wildman–Crippen MR) is 105 cm³/mol. The van der Waals surface area contributed by atoms with Crippen LogP contribution in [0.1, 0.15) is 16.7 Å². The summed E-state index contributed by atoms with van der Waals surface area (Å²) in [7, 11) is 1.60. The van der Waals surface area contributed by atoms with Crippen LogP contribution in [0.15, 0.2) is 36.4 Å². The number of piperazine rings is 1. The van der Waals surface area contributed by atoms with Crippen molar-refractivity contribution in [3.05, 3.63) is 58.9 Å². The van der Waals surface area contributed by atoms with Crippen molar-refractivity contribution in [2.45, 2.75) is 20.4 Å². The maximum atomic E-state index is 13.5. The van der Waals surface area contributed by atoms with Gasteiger partial charge in [0.2, 0.25) is 0 Å². The first-order valence-electron chi connectivity index (χ1n) is 9.59. The van der Waals surface area contributed by atoms with Crippen molar-refractivity contribution in [1.29, 1.82) is 0 Å². The normalized spacial score (nSPS) is 14.8. The van der Waals surface area contributed by atoms with Gasteiger partial charge in [-0.05, 0) is 55.3 Å². The highest BCUT2D eigenvalue weighted by atomic mass is 19.1. The molecule has 150 valence electrons. The molecular formula is C22H28FN2O3+. The Bertz CT molecular complexity index is 812. The minimum atomic E-state index is -0.257. The van der Waals surface area contributed by atoms with Gasteiger partial charge < -0.3 is 19.3 Å². The highest BCUT2D eigenvalue weighted by molar-refractivity contribution is 5.77. The minimum absolute atomic E-state index is 0.00143. The molecule has 2 aromatic rings. The van der Waals surface area contributed by atoms with E-state index in [9.17, 15) is 9.18 Å². The molecule has 0 atom stereocenters. The van der Waals surface area contributed by atoms with Crippen molar-refractivity contribution in [1.82, 2.24) is 4.90 Å². The van der Waals surface area contributed by atoms with Crippen LogP contribution in [-0.2, 0) is 11.3 Å². The van der Waals surface area contributed by atoms with Crippen molar-refractivity contribution in [2.75, 3.05) is 39.9 Å². The first-order chi connectivity index (χ1) is 13.4. The van der Waals surface area contributed by atoms with Gasteiger partial charge in [0, 0.05) is 0 Å². The maximum Gasteiger partial charge on any atom is 0.260 e. The molecule has 6 heteroatoms. The lowest BCUT2D eigenvalue weighted by Crippen LogP contribution is -3.13. The van der Waals surface area contributed by atoms with Gasteiger partial charge in [-0.25, -0.2) is 4.39 Å². The molecule has 0 aromatic heterocycles. The van der Waals surface area contributed by atoms with E-state index < -0.39 is 0 Å². The van der Waals surface area contributed by atoms with Crippen molar-refractivity contribution >= 4 is 5.91 Å². The molecule has 2 aromatic carbocycles. The molecule has 1 N–H and O–H groups in total. The Labute approximate surface area is 165 Å². The largest absolute Gasteiger partial charge is 0.496 e. The van der Waals surface area contributed by atoms with Crippen molar-refractivity contribution in [3.8, 4) is 11.5 Å². The van der Waals surface area contributed by atoms with E-state index in [0.29, 0.717) is 25.4 Å². The topological polar surface area (TPSA) is 43.2 Å². The molecule has 28 heavy (non-hydrogen) atoms. The second-order valence-corrected chi connectivity index (χ2v) is 7.38. The van der Waals surface area contributed by atoms with Crippen molar-refractivity contribution in [2.24, 2.45) is 0 Å². The average molecular weight is 387 g/mol. The Morgan fingerprint density at radius 2 is 1.79 bits per heavy atom. The maximum absolute atomic E-state index is 13.5. The van der Waals surface area contributed by atoms with Gasteiger partial charge in [0.15, 0.2) is 6.61 Å². The second-order valence-electron chi connectivity index (χ2n) is 7.38. The molecule has 0 bridgehead atoms. The minimum Gasteiger partial charge on any atom is -0.496 e. The van der Waals surface area contributed by atoms with E-state index in [0.717, 1.165) is 35.5 Å². The fourth-order valence-corrected chi connectivity index (χ4v) is 3.66. The lowest BCUT2D eigenvalue weighted by molar-refractivity contribution is -0.917. The van der Waals surface area contributed by atoms with Crippen LogP contribution in [0.4, 0.5) is 4.39 Å². The van der Waals surface area contributed by atoms with Crippen LogP contribution in [0.2, 0.25) is 0 Å². The van der Waals surface area contributed by atoms with Gasteiger partial charge in [-0.2, -0.15) is 0 Å². The lowest BCUT2D eigenvalue weighted by atomic mass is 10.1. The van der Waals surface area contributed by atoms with Crippen LogP contribution in [0.3, 0.4) is 0 Å². The van der Waals surface area contributed by atoms with Crippen LogP contribution in [0.25, 0.3) is 0 Å². The summed E-state index contributed by atoms with van der Waals surface area (Å²) in [4.78, 5) is 15.6. The number of rotatable bonds is 6. The molecule has 1 saturated heterocycles. The van der Waals surface area contributed by atoms with Gasteiger partial charge in [0.1, 0.15) is 23.9 Å². The molecule has 0 saturated carbocycles. The summed E-state index contributed by atoms with van der Waals surface area (Å²) in [5.74, 6) is 1.18.